The highest BCUT2D eigenvalue weighted by atomic mass is 16.5. The lowest BCUT2D eigenvalue weighted by molar-refractivity contribution is 0.296. The molecular weight excluding hydrogens is 234 g/mol. The summed E-state index contributed by atoms with van der Waals surface area (Å²) in [6.45, 7) is 0.997. The zero-order chi connectivity index (χ0) is 12.7. The number of benzene rings is 1. The van der Waals surface area contributed by atoms with Gasteiger partial charge in [-0.15, -0.1) is 0 Å². The first-order chi connectivity index (χ1) is 9.42. The summed E-state index contributed by atoms with van der Waals surface area (Å²) >= 11 is 0. The highest BCUT2D eigenvalue weighted by molar-refractivity contribution is 5.62. The van der Waals surface area contributed by atoms with Crippen LogP contribution in [0.3, 0.4) is 0 Å². The van der Waals surface area contributed by atoms with Gasteiger partial charge in [0, 0.05) is 12.2 Å². The fourth-order valence-corrected chi connectivity index (χ4v) is 2.84. The molecule has 1 aromatic rings. The van der Waals surface area contributed by atoms with Crippen molar-refractivity contribution in [3.63, 3.8) is 0 Å². The van der Waals surface area contributed by atoms with Crippen molar-refractivity contribution in [2.45, 2.75) is 12.8 Å². The van der Waals surface area contributed by atoms with Gasteiger partial charge in [0.05, 0.1) is 0 Å². The molecule has 2 nitrogen and oxygen atoms in total. The smallest absolute Gasteiger partial charge is 0.200 e. The van der Waals surface area contributed by atoms with Gasteiger partial charge in [-0.1, -0.05) is 30.4 Å². The standard InChI is InChI=1S/C17H15NO/c1-3-7-15-13(5-1)11-12-18(15)17-10-9-14-6-2-4-8-16(14)19-17/h1-5,7-10H,6,11-12H2. The van der Waals surface area contributed by atoms with Crippen LogP contribution < -0.4 is 4.90 Å². The zero-order valence-corrected chi connectivity index (χ0v) is 10.7. The third-order valence-electron chi connectivity index (χ3n) is 3.83. The van der Waals surface area contributed by atoms with E-state index in [0.29, 0.717) is 0 Å². The van der Waals surface area contributed by atoms with Crippen LogP contribution in [-0.4, -0.2) is 6.54 Å². The fourth-order valence-electron chi connectivity index (χ4n) is 2.84. The number of para-hydroxylation sites is 1. The van der Waals surface area contributed by atoms with Crippen LogP contribution in [0.2, 0.25) is 0 Å². The molecule has 2 aliphatic heterocycles. The van der Waals surface area contributed by atoms with E-state index in [2.05, 4.69) is 53.5 Å². The van der Waals surface area contributed by atoms with Crippen molar-refractivity contribution in [2.24, 2.45) is 0 Å². The van der Waals surface area contributed by atoms with Gasteiger partial charge in [0.15, 0.2) is 5.88 Å². The molecule has 0 spiro atoms. The van der Waals surface area contributed by atoms with Crippen LogP contribution in [0.5, 0.6) is 0 Å². The topological polar surface area (TPSA) is 12.5 Å². The molecule has 3 aliphatic rings. The van der Waals surface area contributed by atoms with E-state index in [-0.39, 0.29) is 0 Å². The first-order valence-electron chi connectivity index (χ1n) is 6.73. The molecule has 0 atom stereocenters. The molecule has 0 bridgehead atoms. The highest BCUT2D eigenvalue weighted by Gasteiger charge is 2.25. The van der Waals surface area contributed by atoms with Crippen molar-refractivity contribution < 1.29 is 4.74 Å². The lowest BCUT2D eigenvalue weighted by Crippen LogP contribution is -2.23. The van der Waals surface area contributed by atoms with E-state index in [1.165, 1.54) is 16.8 Å². The minimum atomic E-state index is 0.940. The van der Waals surface area contributed by atoms with Crippen LogP contribution in [0.15, 0.2) is 71.9 Å². The quantitative estimate of drug-likeness (QED) is 0.752. The van der Waals surface area contributed by atoms with E-state index in [4.69, 9.17) is 4.74 Å². The van der Waals surface area contributed by atoms with Gasteiger partial charge in [-0.05, 0) is 48.3 Å². The molecule has 0 fully saturated rings. The molecule has 0 saturated heterocycles. The summed E-state index contributed by atoms with van der Waals surface area (Å²) in [4.78, 5) is 2.27. The molecule has 0 unspecified atom stereocenters. The van der Waals surface area contributed by atoms with Gasteiger partial charge in [-0.3, -0.25) is 0 Å². The highest BCUT2D eigenvalue weighted by Crippen LogP contribution is 2.35. The first kappa shape index (κ1) is 10.7. The van der Waals surface area contributed by atoms with Crippen molar-refractivity contribution in [1.29, 1.82) is 0 Å². The van der Waals surface area contributed by atoms with Crippen LogP contribution in [0.1, 0.15) is 12.0 Å². The lowest BCUT2D eigenvalue weighted by Gasteiger charge is -2.27. The van der Waals surface area contributed by atoms with Crippen LogP contribution >= 0.6 is 0 Å². The van der Waals surface area contributed by atoms with Crippen molar-refractivity contribution in [2.75, 3.05) is 11.4 Å². The number of nitrogens with zero attached hydrogens (tertiary/aromatic N) is 1. The Morgan fingerprint density at radius 1 is 1.05 bits per heavy atom. The van der Waals surface area contributed by atoms with Crippen LogP contribution in [0, 0.1) is 0 Å². The lowest BCUT2D eigenvalue weighted by atomic mass is 10.0. The Morgan fingerprint density at radius 3 is 3.00 bits per heavy atom. The van der Waals surface area contributed by atoms with E-state index in [0.717, 1.165) is 31.0 Å². The van der Waals surface area contributed by atoms with Gasteiger partial charge in [0.1, 0.15) is 5.76 Å². The van der Waals surface area contributed by atoms with Gasteiger partial charge in [0.25, 0.3) is 0 Å². The van der Waals surface area contributed by atoms with Crippen LogP contribution in [0.25, 0.3) is 0 Å². The minimum Gasteiger partial charge on any atom is -0.441 e. The summed E-state index contributed by atoms with van der Waals surface area (Å²) < 4.78 is 6.06. The Bertz CT molecular complexity index is 649. The minimum absolute atomic E-state index is 0.940. The summed E-state index contributed by atoms with van der Waals surface area (Å²) in [6.07, 6.45) is 12.6. The average molecular weight is 249 g/mol. The maximum atomic E-state index is 6.06. The zero-order valence-electron chi connectivity index (χ0n) is 10.7. The molecular formula is C17H15NO. The van der Waals surface area contributed by atoms with Crippen molar-refractivity contribution >= 4 is 5.69 Å². The van der Waals surface area contributed by atoms with E-state index >= 15 is 0 Å². The summed E-state index contributed by atoms with van der Waals surface area (Å²) in [5.41, 5.74) is 3.94. The number of allylic oxidation sites excluding steroid dienone is 6. The fraction of sp³-hybridized carbons (Fsp3) is 0.176. The Labute approximate surface area is 113 Å². The molecule has 1 aliphatic carbocycles. The average Bonchev–Trinajstić information content (AvgIpc) is 2.91. The van der Waals surface area contributed by atoms with Crippen LogP contribution in [0.4, 0.5) is 5.69 Å². The predicted molar refractivity (Wildman–Crippen MR) is 76.6 cm³/mol. The Hall–Kier alpha value is -2.22. The SMILES string of the molecule is C1=CCC2=CC=C(N3CCc4ccccc43)OC2=C1. The number of hydrogen-bond donors (Lipinski definition) is 0. The molecule has 2 heteroatoms. The summed E-state index contributed by atoms with van der Waals surface area (Å²) in [5.74, 6) is 1.93. The Kier molecular flexibility index (Phi) is 2.34. The maximum Gasteiger partial charge on any atom is 0.200 e. The molecule has 1 aromatic carbocycles. The van der Waals surface area contributed by atoms with Gasteiger partial charge in [-0.2, -0.15) is 0 Å². The number of rotatable bonds is 1. The van der Waals surface area contributed by atoms with Gasteiger partial charge in [-0.25, -0.2) is 0 Å². The summed E-state index contributed by atoms with van der Waals surface area (Å²) in [6, 6.07) is 8.55. The number of ether oxygens (including phenoxy) is 1. The molecule has 0 N–H and O–H groups in total. The van der Waals surface area contributed by atoms with Crippen molar-refractivity contribution in [3.05, 3.63) is 77.4 Å². The summed E-state index contributed by atoms with van der Waals surface area (Å²) in [5, 5.41) is 0. The van der Waals surface area contributed by atoms with Gasteiger partial charge >= 0.3 is 0 Å². The molecule has 4 rings (SSSR count). The third kappa shape index (κ3) is 1.72. The summed E-state index contributed by atoms with van der Waals surface area (Å²) in [7, 11) is 0. The first-order valence-corrected chi connectivity index (χ1v) is 6.73. The molecule has 19 heavy (non-hydrogen) atoms. The van der Waals surface area contributed by atoms with E-state index < -0.39 is 0 Å². The number of anilines is 1. The molecule has 2 heterocycles. The molecule has 0 saturated carbocycles. The normalized spacial score (nSPS) is 20.0. The largest absolute Gasteiger partial charge is 0.441 e. The number of hydrogen-bond acceptors (Lipinski definition) is 2. The molecule has 0 amide bonds. The van der Waals surface area contributed by atoms with Gasteiger partial charge in [0.2, 0.25) is 0 Å². The molecule has 0 radical (unpaired) electrons. The van der Waals surface area contributed by atoms with E-state index in [1.807, 2.05) is 6.08 Å². The Morgan fingerprint density at radius 2 is 2.00 bits per heavy atom. The maximum absolute atomic E-state index is 6.06. The predicted octanol–water partition coefficient (Wildman–Crippen LogP) is 3.69. The second kappa shape index (κ2) is 4.16. The monoisotopic (exact) mass is 249 g/mol. The molecule has 94 valence electrons. The van der Waals surface area contributed by atoms with Gasteiger partial charge < -0.3 is 9.64 Å². The second-order valence-corrected chi connectivity index (χ2v) is 4.99. The van der Waals surface area contributed by atoms with Crippen molar-refractivity contribution in [3.8, 4) is 0 Å². The molecule has 0 aromatic heterocycles. The van der Waals surface area contributed by atoms with E-state index in [1.54, 1.807) is 0 Å². The second-order valence-electron chi connectivity index (χ2n) is 4.99. The Balaban J connectivity index is 1.69. The third-order valence-corrected chi connectivity index (χ3v) is 3.83. The van der Waals surface area contributed by atoms with Crippen LogP contribution in [-0.2, 0) is 11.2 Å². The number of fused-ring (bicyclic) bond motifs is 2. The van der Waals surface area contributed by atoms with Crippen molar-refractivity contribution in [1.82, 2.24) is 0 Å². The van der Waals surface area contributed by atoms with E-state index in [9.17, 15) is 0 Å².